The van der Waals surface area contributed by atoms with Crippen LogP contribution in [0.1, 0.15) is 6.92 Å². The maximum absolute atomic E-state index is 10.8. The SMILES string of the molecule is CC1=CC(=O)O/C1=C/[Si](C)(C)C. The van der Waals surface area contributed by atoms with Gasteiger partial charge >= 0.3 is 5.97 Å². The van der Waals surface area contributed by atoms with Gasteiger partial charge in [0.1, 0.15) is 5.76 Å². The van der Waals surface area contributed by atoms with Gasteiger partial charge in [-0.15, -0.1) is 0 Å². The lowest BCUT2D eigenvalue weighted by Gasteiger charge is -2.10. The van der Waals surface area contributed by atoms with Crippen LogP contribution in [-0.4, -0.2) is 14.0 Å². The summed E-state index contributed by atoms with van der Waals surface area (Å²) in [6.45, 7) is 8.52. The summed E-state index contributed by atoms with van der Waals surface area (Å²) < 4.78 is 5.01. The zero-order valence-electron chi connectivity index (χ0n) is 7.97. The Morgan fingerprint density at radius 1 is 1.42 bits per heavy atom. The molecule has 0 amide bonds. The Morgan fingerprint density at radius 3 is 2.33 bits per heavy atom. The summed E-state index contributed by atoms with van der Waals surface area (Å²) >= 11 is 0. The molecule has 0 aliphatic carbocycles. The van der Waals surface area contributed by atoms with Crippen LogP contribution in [0.15, 0.2) is 23.1 Å². The highest BCUT2D eigenvalue weighted by Gasteiger charge is 2.19. The quantitative estimate of drug-likeness (QED) is 0.459. The number of cyclic esters (lactones) is 1. The minimum Gasteiger partial charge on any atom is -0.424 e. The van der Waals surface area contributed by atoms with E-state index in [0.717, 1.165) is 11.3 Å². The summed E-state index contributed by atoms with van der Waals surface area (Å²) in [5, 5.41) is 0. The van der Waals surface area contributed by atoms with Gasteiger partial charge in [0, 0.05) is 6.08 Å². The molecule has 66 valence electrons. The van der Waals surface area contributed by atoms with Gasteiger partial charge in [-0.3, -0.25) is 0 Å². The number of rotatable bonds is 1. The van der Waals surface area contributed by atoms with E-state index in [4.69, 9.17) is 4.74 Å². The number of ether oxygens (including phenoxy) is 1. The monoisotopic (exact) mass is 182 g/mol. The van der Waals surface area contributed by atoms with Crippen molar-refractivity contribution in [2.75, 3.05) is 0 Å². The first-order valence-corrected chi connectivity index (χ1v) is 7.59. The van der Waals surface area contributed by atoms with Crippen molar-refractivity contribution in [1.82, 2.24) is 0 Å². The van der Waals surface area contributed by atoms with E-state index in [1.54, 1.807) is 0 Å². The van der Waals surface area contributed by atoms with Gasteiger partial charge in [-0.1, -0.05) is 25.3 Å². The first-order chi connectivity index (χ1) is 5.38. The first kappa shape index (κ1) is 9.26. The normalized spacial score (nSPS) is 21.2. The topological polar surface area (TPSA) is 26.3 Å². The van der Waals surface area contributed by atoms with E-state index in [1.165, 1.54) is 6.08 Å². The van der Waals surface area contributed by atoms with Crippen molar-refractivity contribution in [1.29, 1.82) is 0 Å². The highest BCUT2D eigenvalue weighted by Crippen LogP contribution is 2.21. The maximum Gasteiger partial charge on any atom is 0.336 e. The molecule has 3 heteroatoms. The third kappa shape index (κ3) is 2.34. The Hall–Kier alpha value is -0.833. The van der Waals surface area contributed by atoms with Crippen molar-refractivity contribution in [3.8, 4) is 0 Å². The molecule has 0 saturated heterocycles. The number of allylic oxidation sites excluding steroid dienone is 1. The van der Waals surface area contributed by atoms with Crippen molar-refractivity contribution in [3.05, 3.63) is 23.1 Å². The number of esters is 1. The third-order valence-electron chi connectivity index (χ3n) is 1.50. The van der Waals surface area contributed by atoms with E-state index in [-0.39, 0.29) is 5.97 Å². The van der Waals surface area contributed by atoms with E-state index in [1.807, 2.05) is 6.92 Å². The van der Waals surface area contributed by atoms with E-state index in [0.29, 0.717) is 0 Å². The average molecular weight is 182 g/mol. The number of hydrogen-bond acceptors (Lipinski definition) is 2. The second-order valence-electron chi connectivity index (χ2n) is 4.12. The van der Waals surface area contributed by atoms with Crippen LogP contribution in [0.5, 0.6) is 0 Å². The molecular formula is C9H14O2Si. The fourth-order valence-corrected chi connectivity index (χ4v) is 2.08. The summed E-state index contributed by atoms with van der Waals surface area (Å²) in [5.74, 6) is 0.524. The van der Waals surface area contributed by atoms with Gasteiger partial charge in [-0.2, -0.15) is 0 Å². The molecule has 0 bridgehead atoms. The van der Waals surface area contributed by atoms with Crippen LogP contribution >= 0.6 is 0 Å². The fraction of sp³-hybridized carbons (Fsp3) is 0.444. The maximum atomic E-state index is 10.8. The van der Waals surface area contributed by atoms with Crippen LogP contribution in [0, 0.1) is 0 Å². The lowest BCUT2D eigenvalue weighted by atomic mass is 10.3. The van der Waals surface area contributed by atoms with Crippen molar-refractivity contribution < 1.29 is 9.53 Å². The van der Waals surface area contributed by atoms with Crippen molar-refractivity contribution >= 4 is 14.0 Å². The zero-order valence-corrected chi connectivity index (χ0v) is 8.97. The molecule has 1 aliphatic heterocycles. The summed E-state index contributed by atoms with van der Waals surface area (Å²) in [6, 6.07) is 0. The van der Waals surface area contributed by atoms with Crippen LogP contribution in [0.4, 0.5) is 0 Å². The summed E-state index contributed by atoms with van der Waals surface area (Å²) in [4.78, 5) is 10.8. The van der Waals surface area contributed by atoms with Crippen LogP contribution < -0.4 is 0 Å². The Balaban J connectivity index is 2.87. The molecule has 0 radical (unpaired) electrons. The van der Waals surface area contributed by atoms with Gasteiger partial charge in [0.2, 0.25) is 0 Å². The zero-order chi connectivity index (χ0) is 9.35. The lowest BCUT2D eigenvalue weighted by Crippen LogP contribution is -2.17. The van der Waals surface area contributed by atoms with Crippen LogP contribution in [-0.2, 0) is 9.53 Å². The van der Waals surface area contributed by atoms with Crippen molar-refractivity contribution in [2.45, 2.75) is 26.6 Å². The van der Waals surface area contributed by atoms with Crippen LogP contribution in [0.3, 0.4) is 0 Å². The summed E-state index contributed by atoms with van der Waals surface area (Å²) in [6.07, 6.45) is 1.53. The first-order valence-electron chi connectivity index (χ1n) is 4.02. The molecule has 1 aliphatic rings. The number of carbonyl (C=O) groups is 1. The fourth-order valence-electron chi connectivity index (χ4n) is 1.00. The molecular weight excluding hydrogens is 168 g/mol. The molecule has 12 heavy (non-hydrogen) atoms. The van der Waals surface area contributed by atoms with Crippen LogP contribution in [0.25, 0.3) is 0 Å². The molecule has 0 aromatic carbocycles. The second kappa shape index (κ2) is 2.90. The summed E-state index contributed by atoms with van der Waals surface area (Å²) in [7, 11) is -1.27. The van der Waals surface area contributed by atoms with Gasteiger partial charge in [0.25, 0.3) is 0 Å². The van der Waals surface area contributed by atoms with Gasteiger partial charge in [0.05, 0.1) is 8.07 Å². The minimum atomic E-state index is -1.27. The van der Waals surface area contributed by atoms with Gasteiger partial charge < -0.3 is 4.74 Å². The predicted octanol–water partition coefficient (Wildman–Crippen LogP) is 2.25. The Labute approximate surface area is 73.9 Å². The van der Waals surface area contributed by atoms with Crippen molar-refractivity contribution in [2.24, 2.45) is 0 Å². The second-order valence-corrected chi connectivity index (χ2v) is 9.14. The summed E-state index contributed by atoms with van der Waals surface area (Å²) in [5.41, 5.74) is 3.05. The molecule has 2 nitrogen and oxygen atoms in total. The molecule has 0 aromatic heterocycles. The molecule has 0 spiro atoms. The van der Waals surface area contributed by atoms with Gasteiger partial charge in [-0.05, 0) is 12.5 Å². The number of hydrogen-bond donors (Lipinski definition) is 0. The highest BCUT2D eigenvalue weighted by atomic mass is 28.3. The van der Waals surface area contributed by atoms with E-state index < -0.39 is 8.07 Å². The van der Waals surface area contributed by atoms with E-state index in [9.17, 15) is 4.79 Å². The number of carbonyl (C=O) groups excluding carboxylic acids is 1. The standard InChI is InChI=1S/C9H14O2Si/c1-7-5-9(10)11-8(7)6-12(2,3)4/h5-6H,1-4H3/b8-6+. The molecule has 0 N–H and O–H groups in total. The lowest BCUT2D eigenvalue weighted by molar-refractivity contribution is -0.132. The molecule has 0 saturated carbocycles. The Kier molecular flexibility index (Phi) is 2.24. The highest BCUT2D eigenvalue weighted by molar-refractivity contribution is 6.81. The van der Waals surface area contributed by atoms with Gasteiger partial charge in [0.15, 0.2) is 0 Å². The van der Waals surface area contributed by atoms with Crippen LogP contribution in [0.2, 0.25) is 19.6 Å². The molecule has 1 rings (SSSR count). The van der Waals surface area contributed by atoms with E-state index in [2.05, 4.69) is 25.3 Å². The molecule has 0 aromatic rings. The predicted molar refractivity (Wildman–Crippen MR) is 51.3 cm³/mol. The third-order valence-corrected chi connectivity index (χ3v) is 2.63. The average Bonchev–Trinajstić information content (AvgIpc) is 2.06. The van der Waals surface area contributed by atoms with Crippen molar-refractivity contribution in [3.63, 3.8) is 0 Å². The van der Waals surface area contributed by atoms with Gasteiger partial charge in [-0.25, -0.2) is 4.79 Å². The molecule has 1 heterocycles. The molecule has 0 atom stereocenters. The Bertz CT molecular complexity index is 269. The van der Waals surface area contributed by atoms with E-state index >= 15 is 0 Å². The largest absolute Gasteiger partial charge is 0.424 e. The molecule has 0 fully saturated rings. The Morgan fingerprint density at radius 2 is 2.00 bits per heavy atom. The minimum absolute atomic E-state index is 0.239. The molecule has 0 unspecified atom stereocenters. The smallest absolute Gasteiger partial charge is 0.336 e.